The lowest BCUT2D eigenvalue weighted by molar-refractivity contribution is -0.121. The van der Waals surface area contributed by atoms with Crippen molar-refractivity contribution in [3.8, 4) is 0 Å². The van der Waals surface area contributed by atoms with E-state index in [1.807, 2.05) is 13.0 Å². The third-order valence-electron chi connectivity index (χ3n) is 3.11. The Balaban J connectivity index is 1.92. The molecule has 21 heavy (non-hydrogen) atoms. The maximum absolute atomic E-state index is 13.6. The molecule has 1 atom stereocenters. The van der Waals surface area contributed by atoms with Crippen LogP contribution in [0.3, 0.4) is 0 Å². The third-order valence-corrected chi connectivity index (χ3v) is 3.11. The van der Waals surface area contributed by atoms with Gasteiger partial charge in [-0.25, -0.2) is 4.39 Å². The van der Waals surface area contributed by atoms with Gasteiger partial charge in [-0.3, -0.25) is 9.48 Å². The summed E-state index contributed by atoms with van der Waals surface area (Å²) in [6.45, 7) is 2.16. The van der Waals surface area contributed by atoms with E-state index >= 15 is 0 Å². The van der Waals surface area contributed by atoms with Crippen molar-refractivity contribution < 1.29 is 9.18 Å². The average molecular weight is 290 g/mol. The van der Waals surface area contributed by atoms with E-state index in [9.17, 15) is 9.18 Å². The number of hydrogen-bond donors (Lipinski definition) is 2. The number of aromatic nitrogens is 2. The molecular weight excluding hydrogens is 271 g/mol. The first-order valence-electron chi connectivity index (χ1n) is 6.81. The Bertz CT molecular complexity index is 611. The molecule has 1 amide bonds. The first-order valence-corrected chi connectivity index (χ1v) is 6.81. The summed E-state index contributed by atoms with van der Waals surface area (Å²) in [6.07, 6.45) is 3.99. The van der Waals surface area contributed by atoms with Crippen molar-refractivity contribution in [3.05, 3.63) is 48.0 Å². The Kier molecular flexibility index (Phi) is 4.92. The second-order valence-corrected chi connectivity index (χ2v) is 4.94. The number of amides is 1. The van der Waals surface area contributed by atoms with Crippen molar-refractivity contribution in [2.45, 2.75) is 25.9 Å². The zero-order chi connectivity index (χ0) is 15.2. The lowest BCUT2D eigenvalue weighted by atomic mass is 10.1. The van der Waals surface area contributed by atoms with E-state index in [2.05, 4.69) is 15.7 Å². The van der Waals surface area contributed by atoms with Gasteiger partial charge in [0.2, 0.25) is 5.91 Å². The first kappa shape index (κ1) is 15.0. The Morgan fingerprint density at radius 2 is 2.19 bits per heavy atom. The van der Waals surface area contributed by atoms with Gasteiger partial charge in [0.15, 0.2) is 0 Å². The number of rotatable bonds is 6. The normalized spacial score (nSPS) is 12.0. The minimum Gasteiger partial charge on any atom is -0.380 e. The van der Waals surface area contributed by atoms with Gasteiger partial charge in [0.25, 0.3) is 0 Å². The predicted octanol–water partition coefficient (Wildman–Crippen LogP) is 1.81. The van der Waals surface area contributed by atoms with Crippen LogP contribution < -0.4 is 10.6 Å². The molecule has 2 rings (SSSR count). The number of nitrogens with zero attached hydrogens (tertiary/aromatic N) is 2. The predicted molar refractivity (Wildman–Crippen MR) is 79.5 cm³/mol. The van der Waals surface area contributed by atoms with Gasteiger partial charge in [-0.2, -0.15) is 5.10 Å². The van der Waals surface area contributed by atoms with E-state index in [4.69, 9.17) is 0 Å². The van der Waals surface area contributed by atoms with E-state index in [-0.39, 0.29) is 24.3 Å². The Hall–Kier alpha value is -2.37. The van der Waals surface area contributed by atoms with Gasteiger partial charge in [-0.1, -0.05) is 18.2 Å². The summed E-state index contributed by atoms with van der Waals surface area (Å²) in [5.74, 6) is -0.300. The van der Waals surface area contributed by atoms with Crippen molar-refractivity contribution >= 4 is 11.6 Å². The lowest BCUT2D eigenvalue weighted by Gasteiger charge is -2.14. The standard InChI is InChI=1S/C15H19FN4O/c1-11(7-12-5-3-4-6-14(12)16)19-13-8-18-20(9-13)10-15(21)17-2/h3-6,8-9,11,19H,7,10H2,1-2H3,(H,17,21). The quantitative estimate of drug-likeness (QED) is 0.853. The van der Waals surface area contributed by atoms with Crippen LogP contribution in [-0.4, -0.2) is 28.8 Å². The van der Waals surface area contributed by atoms with Crippen LogP contribution in [0.15, 0.2) is 36.7 Å². The minimum absolute atomic E-state index is 0.0551. The van der Waals surface area contributed by atoms with Gasteiger partial charge in [-0.05, 0) is 25.0 Å². The number of anilines is 1. The molecular formula is C15H19FN4O. The molecule has 1 unspecified atom stereocenters. The fourth-order valence-corrected chi connectivity index (χ4v) is 2.08. The van der Waals surface area contributed by atoms with Crippen LogP contribution in [0, 0.1) is 5.82 Å². The molecule has 0 bridgehead atoms. The van der Waals surface area contributed by atoms with Crippen LogP contribution >= 0.6 is 0 Å². The van der Waals surface area contributed by atoms with Crippen molar-refractivity contribution in [3.63, 3.8) is 0 Å². The summed E-state index contributed by atoms with van der Waals surface area (Å²) in [5, 5.41) is 9.89. The number of carbonyl (C=O) groups excluding carboxylic acids is 1. The lowest BCUT2D eigenvalue weighted by Crippen LogP contribution is -2.23. The molecule has 1 aromatic carbocycles. The summed E-state index contributed by atoms with van der Waals surface area (Å²) in [4.78, 5) is 11.3. The number of nitrogens with one attached hydrogen (secondary N) is 2. The number of halogens is 1. The number of likely N-dealkylation sites (N-methyl/N-ethyl adjacent to an activating group) is 1. The van der Waals surface area contributed by atoms with E-state index in [1.54, 1.807) is 36.3 Å². The second-order valence-electron chi connectivity index (χ2n) is 4.94. The smallest absolute Gasteiger partial charge is 0.241 e. The molecule has 0 fully saturated rings. The van der Waals surface area contributed by atoms with E-state index in [0.29, 0.717) is 12.0 Å². The van der Waals surface area contributed by atoms with Crippen LogP contribution in [0.4, 0.5) is 10.1 Å². The van der Waals surface area contributed by atoms with Crippen molar-refractivity contribution in [2.75, 3.05) is 12.4 Å². The maximum atomic E-state index is 13.6. The maximum Gasteiger partial charge on any atom is 0.241 e. The van der Waals surface area contributed by atoms with E-state index in [1.165, 1.54) is 6.07 Å². The molecule has 6 heteroatoms. The van der Waals surface area contributed by atoms with Gasteiger partial charge in [0.1, 0.15) is 12.4 Å². The van der Waals surface area contributed by atoms with Crippen LogP contribution in [-0.2, 0) is 17.8 Å². The van der Waals surface area contributed by atoms with Crippen LogP contribution in [0.5, 0.6) is 0 Å². The fraction of sp³-hybridized carbons (Fsp3) is 0.333. The molecule has 0 aliphatic rings. The molecule has 1 aromatic heterocycles. The van der Waals surface area contributed by atoms with Gasteiger partial charge in [-0.15, -0.1) is 0 Å². The Labute approximate surface area is 123 Å². The van der Waals surface area contributed by atoms with Gasteiger partial charge in [0, 0.05) is 19.3 Å². The molecule has 0 saturated heterocycles. The molecule has 112 valence electrons. The summed E-state index contributed by atoms with van der Waals surface area (Å²) in [6, 6.07) is 6.80. The van der Waals surface area contributed by atoms with Crippen LogP contribution in [0.1, 0.15) is 12.5 Å². The highest BCUT2D eigenvalue weighted by Crippen LogP contribution is 2.13. The van der Waals surface area contributed by atoms with Crippen LogP contribution in [0.2, 0.25) is 0 Å². The zero-order valence-electron chi connectivity index (χ0n) is 12.1. The highest BCUT2D eigenvalue weighted by Gasteiger charge is 2.09. The number of hydrogen-bond acceptors (Lipinski definition) is 3. The third kappa shape index (κ3) is 4.30. The summed E-state index contributed by atoms with van der Waals surface area (Å²) in [7, 11) is 1.58. The molecule has 0 radical (unpaired) electrons. The summed E-state index contributed by atoms with van der Waals surface area (Å²) in [5.41, 5.74) is 1.48. The average Bonchev–Trinajstić information content (AvgIpc) is 2.88. The largest absolute Gasteiger partial charge is 0.380 e. The van der Waals surface area contributed by atoms with Gasteiger partial charge in [0.05, 0.1) is 11.9 Å². The van der Waals surface area contributed by atoms with Crippen molar-refractivity contribution in [1.82, 2.24) is 15.1 Å². The summed E-state index contributed by atoms with van der Waals surface area (Å²) >= 11 is 0. The van der Waals surface area contributed by atoms with E-state index < -0.39 is 0 Å². The zero-order valence-corrected chi connectivity index (χ0v) is 12.1. The molecule has 0 aliphatic carbocycles. The molecule has 0 aliphatic heterocycles. The van der Waals surface area contributed by atoms with Gasteiger partial charge >= 0.3 is 0 Å². The number of carbonyl (C=O) groups is 1. The molecule has 1 heterocycles. The van der Waals surface area contributed by atoms with Gasteiger partial charge < -0.3 is 10.6 Å². The fourth-order valence-electron chi connectivity index (χ4n) is 2.08. The highest BCUT2D eigenvalue weighted by atomic mass is 19.1. The monoisotopic (exact) mass is 290 g/mol. The minimum atomic E-state index is -0.193. The summed E-state index contributed by atoms with van der Waals surface area (Å²) < 4.78 is 15.1. The van der Waals surface area contributed by atoms with Crippen molar-refractivity contribution in [1.29, 1.82) is 0 Å². The molecule has 2 N–H and O–H groups in total. The Morgan fingerprint density at radius 1 is 1.43 bits per heavy atom. The van der Waals surface area contributed by atoms with Crippen LogP contribution in [0.25, 0.3) is 0 Å². The molecule has 2 aromatic rings. The molecule has 0 saturated carbocycles. The Morgan fingerprint density at radius 3 is 2.90 bits per heavy atom. The second kappa shape index (κ2) is 6.88. The number of benzene rings is 1. The topological polar surface area (TPSA) is 59.0 Å². The SMILES string of the molecule is CNC(=O)Cn1cc(NC(C)Cc2ccccc2F)cn1. The molecule has 0 spiro atoms. The van der Waals surface area contributed by atoms with Crippen molar-refractivity contribution in [2.24, 2.45) is 0 Å². The van der Waals surface area contributed by atoms with E-state index in [0.717, 1.165) is 5.69 Å². The molecule has 5 nitrogen and oxygen atoms in total. The highest BCUT2D eigenvalue weighted by molar-refractivity contribution is 5.75. The first-order chi connectivity index (χ1) is 10.1.